The van der Waals surface area contributed by atoms with Crippen molar-refractivity contribution in [2.45, 2.75) is 26.9 Å². The van der Waals surface area contributed by atoms with Crippen LogP contribution in [0.5, 0.6) is 5.75 Å². The molecule has 2 aliphatic heterocycles. The van der Waals surface area contributed by atoms with Crippen molar-refractivity contribution < 1.29 is 13.9 Å². The molecular formula is C21H26FN5O2. The van der Waals surface area contributed by atoms with Gasteiger partial charge in [0, 0.05) is 37.8 Å². The van der Waals surface area contributed by atoms with Crippen molar-refractivity contribution in [3.05, 3.63) is 35.4 Å². The first kappa shape index (κ1) is 19.4. The summed E-state index contributed by atoms with van der Waals surface area (Å²) in [7, 11) is 0. The van der Waals surface area contributed by atoms with Gasteiger partial charge >= 0.3 is 0 Å². The third-order valence-electron chi connectivity index (χ3n) is 5.22. The van der Waals surface area contributed by atoms with Gasteiger partial charge in [-0.3, -0.25) is 4.79 Å². The van der Waals surface area contributed by atoms with Crippen LogP contribution in [-0.2, 0) is 4.79 Å². The summed E-state index contributed by atoms with van der Waals surface area (Å²) in [6.45, 7) is 10.7. The van der Waals surface area contributed by atoms with Crippen molar-refractivity contribution in [2.75, 3.05) is 42.9 Å². The van der Waals surface area contributed by atoms with Gasteiger partial charge in [0.1, 0.15) is 0 Å². The molecule has 0 bridgehead atoms. The van der Waals surface area contributed by atoms with Crippen molar-refractivity contribution in [1.82, 2.24) is 14.9 Å². The van der Waals surface area contributed by atoms with E-state index in [1.165, 1.54) is 6.07 Å². The Kier molecular flexibility index (Phi) is 5.27. The van der Waals surface area contributed by atoms with Gasteiger partial charge in [-0.25, -0.2) is 9.37 Å². The largest absolute Gasteiger partial charge is 0.488 e. The van der Waals surface area contributed by atoms with E-state index >= 15 is 0 Å². The number of halogens is 1. The number of anilines is 2. The molecule has 1 fully saturated rings. The van der Waals surface area contributed by atoms with Gasteiger partial charge in [-0.2, -0.15) is 0 Å². The van der Waals surface area contributed by atoms with Crippen LogP contribution < -0.4 is 15.0 Å². The zero-order valence-corrected chi connectivity index (χ0v) is 17.0. The van der Waals surface area contributed by atoms with E-state index in [1.807, 2.05) is 13.8 Å². The molecular weight excluding hydrogens is 373 g/mol. The number of nitrogens with zero attached hydrogens (tertiary/aromatic N) is 3. The number of aromatic amines is 1. The number of amides is 1. The summed E-state index contributed by atoms with van der Waals surface area (Å²) in [4.78, 5) is 24.8. The van der Waals surface area contributed by atoms with Gasteiger partial charge in [-0.1, -0.05) is 6.92 Å². The van der Waals surface area contributed by atoms with Crippen LogP contribution >= 0.6 is 0 Å². The third-order valence-corrected chi connectivity index (χ3v) is 5.22. The lowest BCUT2D eigenvalue weighted by atomic mass is 10.1. The molecule has 4 rings (SSSR count). The zero-order valence-electron chi connectivity index (χ0n) is 17.0. The Morgan fingerprint density at radius 2 is 2.03 bits per heavy atom. The highest BCUT2D eigenvalue weighted by molar-refractivity contribution is 6.34. The first-order valence-electron chi connectivity index (χ1n) is 10.0. The standard InChI is InChI=1S/C21H26FN5O2/c1-4-26-5-7-27(8-6-26)21-23-12-14(24-21)9-16-15-10-19(29-13(2)3)17(22)11-18(15)25-20(16)28/h9-13H,4-8H2,1-3H3,(H,23,24)(H,25,28). The highest BCUT2D eigenvalue weighted by Crippen LogP contribution is 2.37. The van der Waals surface area contributed by atoms with E-state index in [-0.39, 0.29) is 17.8 Å². The summed E-state index contributed by atoms with van der Waals surface area (Å²) >= 11 is 0. The summed E-state index contributed by atoms with van der Waals surface area (Å²) in [6, 6.07) is 2.88. The molecule has 0 atom stereocenters. The van der Waals surface area contributed by atoms with Gasteiger partial charge in [0.15, 0.2) is 11.6 Å². The Morgan fingerprint density at radius 3 is 2.72 bits per heavy atom. The molecule has 29 heavy (non-hydrogen) atoms. The van der Waals surface area contributed by atoms with Crippen molar-refractivity contribution >= 4 is 29.2 Å². The molecule has 1 aromatic heterocycles. The van der Waals surface area contributed by atoms with Gasteiger partial charge in [0.2, 0.25) is 5.95 Å². The number of carbonyl (C=O) groups is 1. The lowest BCUT2D eigenvalue weighted by Gasteiger charge is -2.33. The molecule has 0 radical (unpaired) electrons. The number of likely N-dealkylation sites (N-methyl/N-ethyl adjacent to an activating group) is 1. The van der Waals surface area contributed by atoms with Crippen LogP contribution in [0.2, 0.25) is 0 Å². The molecule has 1 aromatic carbocycles. The van der Waals surface area contributed by atoms with Gasteiger partial charge in [-0.15, -0.1) is 0 Å². The molecule has 2 aromatic rings. The third kappa shape index (κ3) is 3.98. The van der Waals surface area contributed by atoms with Gasteiger partial charge in [0.25, 0.3) is 5.91 Å². The number of piperazine rings is 1. The average Bonchev–Trinajstić information content (AvgIpc) is 3.27. The highest BCUT2D eigenvalue weighted by atomic mass is 19.1. The number of hydrogen-bond donors (Lipinski definition) is 2. The zero-order chi connectivity index (χ0) is 20.5. The number of nitrogens with one attached hydrogen (secondary N) is 2. The SMILES string of the molecule is CCN1CCN(c2ncc(C=C3C(=O)Nc4cc(F)c(OC(C)C)cc43)[nH]2)CC1. The van der Waals surface area contributed by atoms with Gasteiger partial charge in [0.05, 0.1) is 29.3 Å². The smallest absolute Gasteiger partial charge is 0.256 e. The molecule has 154 valence electrons. The predicted molar refractivity (Wildman–Crippen MR) is 112 cm³/mol. The summed E-state index contributed by atoms with van der Waals surface area (Å²) in [5, 5.41) is 2.72. The summed E-state index contributed by atoms with van der Waals surface area (Å²) < 4.78 is 19.8. The summed E-state index contributed by atoms with van der Waals surface area (Å²) in [6.07, 6.45) is 3.30. The minimum Gasteiger partial charge on any atom is -0.488 e. The van der Waals surface area contributed by atoms with Crippen LogP contribution in [0.1, 0.15) is 32.0 Å². The summed E-state index contributed by atoms with van der Waals surface area (Å²) in [5.41, 5.74) is 2.26. The van der Waals surface area contributed by atoms with E-state index in [1.54, 1.807) is 18.3 Å². The van der Waals surface area contributed by atoms with Crippen LogP contribution in [0.4, 0.5) is 16.0 Å². The Labute approximate surface area is 169 Å². The molecule has 2 aliphatic rings. The highest BCUT2D eigenvalue weighted by Gasteiger charge is 2.27. The number of imidazole rings is 1. The number of fused-ring (bicyclic) bond motifs is 1. The first-order chi connectivity index (χ1) is 13.9. The molecule has 7 nitrogen and oxygen atoms in total. The van der Waals surface area contributed by atoms with E-state index in [0.29, 0.717) is 16.8 Å². The average molecular weight is 399 g/mol. The molecule has 3 heterocycles. The molecule has 0 saturated carbocycles. The van der Waals surface area contributed by atoms with E-state index < -0.39 is 5.82 Å². The van der Waals surface area contributed by atoms with Crippen LogP contribution in [0.3, 0.4) is 0 Å². The second-order valence-electron chi connectivity index (χ2n) is 7.59. The van der Waals surface area contributed by atoms with Gasteiger partial charge in [-0.05, 0) is 32.5 Å². The number of hydrogen-bond acceptors (Lipinski definition) is 5. The fourth-order valence-electron chi connectivity index (χ4n) is 3.67. The van der Waals surface area contributed by atoms with Crippen molar-refractivity contribution in [1.29, 1.82) is 0 Å². The Bertz CT molecular complexity index is 945. The quantitative estimate of drug-likeness (QED) is 0.757. The number of ether oxygens (including phenoxy) is 1. The predicted octanol–water partition coefficient (Wildman–Crippen LogP) is 2.97. The van der Waals surface area contributed by atoms with E-state index in [2.05, 4.69) is 32.0 Å². The fraction of sp³-hybridized carbons (Fsp3) is 0.429. The number of aromatic nitrogens is 2. The number of H-pyrrole nitrogens is 1. The topological polar surface area (TPSA) is 73.5 Å². The number of rotatable bonds is 5. The fourth-order valence-corrected chi connectivity index (χ4v) is 3.67. The van der Waals surface area contributed by atoms with Crippen molar-refractivity contribution in [3.8, 4) is 5.75 Å². The number of carbonyl (C=O) groups excluding carboxylic acids is 1. The van der Waals surface area contributed by atoms with Crippen LogP contribution in [0.15, 0.2) is 18.3 Å². The molecule has 0 spiro atoms. The lowest BCUT2D eigenvalue weighted by molar-refractivity contribution is -0.110. The molecule has 1 amide bonds. The molecule has 8 heteroatoms. The van der Waals surface area contributed by atoms with E-state index in [4.69, 9.17) is 4.74 Å². The van der Waals surface area contributed by atoms with E-state index in [9.17, 15) is 9.18 Å². The number of benzene rings is 1. The second kappa shape index (κ2) is 7.87. The maximum Gasteiger partial charge on any atom is 0.256 e. The van der Waals surface area contributed by atoms with Crippen LogP contribution in [0, 0.1) is 5.82 Å². The van der Waals surface area contributed by atoms with Crippen LogP contribution in [0.25, 0.3) is 11.6 Å². The van der Waals surface area contributed by atoms with Crippen molar-refractivity contribution in [3.63, 3.8) is 0 Å². The molecule has 2 N–H and O–H groups in total. The Hall–Kier alpha value is -2.87. The molecule has 0 unspecified atom stereocenters. The normalized spacial score (nSPS) is 18.4. The maximum atomic E-state index is 14.2. The summed E-state index contributed by atoms with van der Waals surface area (Å²) in [5.74, 6) is 0.178. The maximum absolute atomic E-state index is 14.2. The minimum atomic E-state index is -0.492. The minimum absolute atomic E-state index is 0.139. The monoisotopic (exact) mass is 399 g/mol. The first-order valence-corrected chi connectivity index (χ1v) is 10.0. The van der Waals surface area contributed by atoms with E-state index in [0.717, 1.165) is 44.4 Å². The van der Waals surface area contributed by atoms with Gasteiger partial charge < -0.3 is 24.8 Å². The Balaban J connectivity index is 1.58. The second-order valence-corrected chi connectivity index (χ2v) is 7.59. The Morgan fingerprint density at radius 1 is 1.28 bits per heavy atom. The lowest BCUT2D eigenvalue weighted by Crippen LogP contribution is -2.46. The molecule has 1 saturated heterocycles. The van der Waals surface area contributed by atoms with Crippen LogP contribution in [-0.4, -0.2) is 59.6 Å². The molecule has 0 aliphatic carbocycles. The van der Waals surface area contributed by atoms with Crippen molar-refractivity contribution in [2.24, 2.45) is 0 Å².